The molecule has 0 fully saturated rings. The molecule has 0 saturated carbocycles. The van der Waals surface area contributed by atoms with Gasteiger partial charge in [0.25, 0.3) is 0 Å². The number of nitrogens with one attached hydrogen (secondary N) is 1. The molecule has 0 aliphatic heterocycles. The molecule has 1 nitrogen and oxygen atoms in total. The van der Waals surface area contributed by atoms with Crippen LogP contribution in [0.2, 0.25) is 18.1 Å². The Kier molecular flexibility index (Phi) is 13.4. The maximum Gasteiger partial charge on any atom is 4.00 e. The Morgan fingerprint density at radius 2 is 1.43 bits per heavy atom. The van der Waals surface area contributed by atoms with E-state index in [4.69, 9.17) is 0 Å². The monoisotopic (exact) mass is 405 g/mol. The van der Waals surface area contributed by atoms with Crippen molar-refractivity contribution in [1.29, 1.82) is 0 Å². The molecule has 2 rings (SSSR count). The molecule has 0 saturated heterocycles. The normalized spacial score (nSPS) is 19.1. The van der Waals surface area contributed by atoms with Crippen molar-refractivity contribution >= 4 is 8.80 Å². The van der Waals surface area contributed by atoms with E-state index >= 15 is 0 Å². The van der Waals surface area contributed by atoms with Gasteiger partial charge in [0.15, 0.2) is 0 Å². The molecule has 1 aliphatic rings. The number of halogens is 2. The third-order valence-electron chi connectivity index (χ3n) is 5.07. The fraction of sp³-hybridized carbons (Fsp3) is 0.556. The van der Waals surface area contributed by atoms with Crippen LogP contribution in [-0.4, -0.2) is 13.8 Å². The van der Waals surface area contributed by atoms with Gasteiger partial charge < -0.3 is 29.8 Å². The first-order valence-corrected chi connectivity index (χ1v) is 10.3. The van der Waals surface area contributed by atoms with Crippen LogP contribution >= 0.6 is 0 Å². The first-order valence-electron chi connectivity index (χ1n) is 7.44. The van der Waals surface area contributed by atoms with Crippen molar-refractivity contribution in [1.82, 2.24) is 4.98 Å². The quantitative estimate of drug-likeness (QED) is 0.459. The fourth-order valence-electron chi connectivity index (χ4n) is 2.48. The summed E-state index contributed by atoms with van der Waals surface area (Å²) in [7, 11) is -0.663. The second-order valence-corrected chi connectivity index (χ2v) is 9.95. The van der Waals surface area contributed by atoms with E-state index in [-0.39, 0.29) is 46.5 Å². The molecule has 1 aliphatic carbocycles. The molecule has 5 heteroatoms. The topological polar surface area (TPSA) is 15.8 Å². The number of aryl methyl sites for hydroxylation is 2. The van der Waals surface area contributed by atoms with E-state index in [0.29, 0.717) is 5.04 Å². The Bertz CT molecular complexity index is 542. The maximum absolute atomic E-state index is 3.63. The average molecular weight is 406 g/mol. The summed E-state index contributed by atoms with van der Waals surface area (Å²) in [5, 5.41) is 0.328. The fourth-order valence-corrected chi connectivity index (χ4v) is 4.07. The van der Waals surface area contributed by atoms with E-state index in [1.165, 1.54) is 28.0 Å². The van der Waals surface area contributed by atoms with E-state index in [1.807, 2.05) is 0 Å². The SMILES string of the molecule is CC1=[C-]C(C)([SiH](C)C)C(C)=C1C.Cc1[c-][nH]c(C)c1C.[Cl-].[Cl-].[Ti+4]. The van der Waals surface area contributed by atoms with Crippen LogP contribution in [0.4, 0.5) is 0 Å². The van der Waals surface area contributed by atoms with Crippen LogP contribution in [0.5, 0.6) is 0 Å². The van der Waals surface area contributed by atoms with E-state index in [2.05, 4.69) is 78.8 Å². The third kappa shape index (κ3) is 6.25. The van der Waals surface area contributed by atoms with E-state index in [0.717, 1.165) is 0 Å². The van der Waals surface area contributed by atoms with E-state index in [1.54, 1.807) is 5.57 Å². The van der Waals surface area contributed by atoms with E-state index in [9.17, 15) is 0 Å². The minimum absolute atomic E-state index is 0. The number of hydrogen-bond acceptors (Lipinski definition) is 0. The van der Waals surface area contributed by atoms with Gasteiger partial charge in [0.2, 0.25) is 0 Å². The number of allylic oxidation sites excluding steroid dienone is 4. The van der Waals surface area contributed by atoms with Crippen molar-refractivity contribution in [2.45, 2.75) is 66.6 Å². The van der Waals surface area contributed by atoms with Gasteiger partial charge in [-0.25, -0.2) is 5.57 Å². The Balaban J connectivity index is -0.000000325. The molecular weight excluding hydrogens is 377 g/mol. The standard InChI is InChI=1S/C11H19Si.C7H10N.2ClH.Ti/c1-8-7-11(4,12(5)6)10(3)9(8)2;1-5-4-8-7(3)6(5)2;;;/h12H,1-6H3;8H,1-3H3;2*1H;/q2*-1;;;+4/p-2. The summed E-state index contributed by atoms with van der Waals surface area (Å²) in [5.74, 6) is 0. The van der Waals surface area contributed by atoms with Crippen LogP contribution in [0.25, 0.3) is 0 Å². The second-order valence-electron chi connectivity index (χ2n) is 6.48. The van der Waals surface area contributed by atoms with Crippen LogP contribution in [-0.2, 0) is 21.7 Å². The molecule has 128 valence electrons. The molecule has 1 aromatic heterocycles. The van der Waals surface area contributed by atoms with Gasteiger partial charge in [-0.15, -0.1) is 18.8 Å². The zero-order valence-corrected chi connectivity index (χ0v) is 20.1. The number of aromatic nitrogens is 1. The molecule has 1 atom stereocenters. The zero-order chi connectivity index (χ0) is 15.7. The minimum Gasteiger partial charge on any atom is -1.00 e. The molecular formula is C18H29Cl2NSiTi. The van der Waals surface area contributed by atoms with Crippen LogP contribution in [0, 0.1) is 33.0 Å². The van der Waals surface area contributed by atoms with Gasteiger partial charge in [0.05, 0.1) is 0 Å². The van der Waals surface area contributed by atoms with Crippen molar-refractivity contribution in [2.24, 2.45) is 0 Å². The van der Waals surface area contributed by atoms with Crippen molar-refractivity contribution in [2.75, 3.05) is 0 Å². The molecule has 23 heavy (non-hydrogen) atoms. The zero-order valence-electron chi connectivity index (χ0n) is 15.8. The van der Waals surface area contributed by atoms with Crippen LogP contribution < -0.4 is 24.8 Å². The maximum atomic E-state index is 3.63. The van der Waals surface area contributed by atoms with Crippen LogP contribution in [0.15, 0.2) is 16.7 Å². The van der Waals surface area contributed by atoms with Gasteiger partial charge >= 0.3 is 21.7 Å². The third-order valence-corrected chi connectivity index (χ3v) is 7.96. The molecule has 0 amide bonds. The molecule has 1 unspecified atom stereocenters. The van der Waals surface area contributed by atoms with Gasteiger partial charge in [-0.3, -0.25) is 6.08 Å². The first kappa shape index (κ1) is 28.1. The Morgan fingerprint density at radius 3 is 1.57 bits per heavy atom. The van der Waals surface area contributed by atoms with Crippen LogP contribution in [0.1, 0.15) is 44.5 Å². The predicted molar refractivity (Wildman–Crippen MR) is 91.9 cm³/mol. The summed E-state index contributed by atoms with van der Waals surface area (Å²) in [6.07, 6.45) is 6.65. The van der Waals surface area contributed by atoms with Gasteiger partial charge in [-0.05, 0) is 0 Å². The molecule has 1 heterocycles. The summed E-state index contributed by atoms with van der Waals surface area (Å²) in [6, 6.07) is 0. The summed E-state index contributed by atoms with van der Waals surface area (Å²) in [5.41, 5.74) is 8.17. The minimum atomic E-state index is -0.663. The van der Waals surface area contributed by atoms with Crippen molar-refractivity contribution in [3.8, 4) is 0 Å². The number of hydrogen-bond donors (Lipinski definition) is 1. The predicted octanol–water partition coefficient (Wildman–Crippen LogP) is -0.921. The Hall–Kier alpha value is 0.271. The molecule has 0 radical (unpaired) electrons. The largest absolute Gasteiger partial charge is 4.00 e. The molecule has 0 aromatic carbocycles. The molecule has 0 bridgehead atoms. The van der Waals surface area contributed by atoms with Gasteiger partial charge in [0, 0.05) is 8.80 Å². The number of rotatable bonds is 1. The Morgan fingerprint density at radius 1 is 0.957 bits per heavy atom. The summed E-state index contributed by atoms with van der Waals surface area (Å²) in [6.45, 7) is 20.0. The first-order chi connectivity index (χ1) is 9.11. The number of aromatic amines is 1. The van der Waals surface area contributed by atoms with E-state index < -0.39 is 8.80 Å². The van der Waals surface area contributed by atoms with Crippen molar-refractivity contribution < 1.29 is 46.5 Å². The van der Waals surface area contributed by atoms with Gasteiger partial charge in [0.1, 0.15) is 0 Å². The Labute approximate surface area is 172 Å². The average Bonchev–Trinajstić information content (AvgIpc) is 2.77. The molecule has 1 aromatic rings. The van der Waals surface area contributed by atoms with Crippen molar-refractivity contribution in [3.63, 3.8) is 0 Å². The van der Waals surface area contributed by atoms with Crippen LogP contribution in [0.3, 0.4) is 0 Å². The van der Waals surface area contributed by atoms with Crippen molar-refractivity contribution in [3.05, 3.63) is 45.8 Å². The smallest absolute Gasteiger partial charge is 1.00 e. The summed E-state index contributed by atoms with van der Waals surface area (Å²) < 4.78 is 0. The van der Waals surface area contributed by atoms with Gasteiger partial charge in [-0.1, -0.05) is 59.7 Å². The summed E-state index contributed by atoms with van der Waals surface area (Å²) in [4.78, 5) is 3.01. The summed E-state index contributed by atoms with van der Waals surface area (Å²) >= 11 is 0. The molecule has 1 N–H and O–H groups in total. The van der Waals surface area contributed by atoms with Gasteiger partial charge in [-0.2, -0.15) is 22.3 Å². The number of H-pyrrole nitrogens is 1. The second kappa shape index (κ2) is 11.0. The molecule has 0 spiro atoms.